The fourth-order valence-electron chi connectivity index (χ4n) is 2.97. The monoisotopic (exact) mass is 385 g/mol. The molecule has 0 spiro atoms. The molecule has 150 valence electrons. The Kier molecular flexibility index (Phi) is 7.32. The summed E-state index contributed by atoms with van der Waals surface area (Å²) in [6, 6.07) is 8.68. The quantitative estimate of drug-likeness (QED) is 0.392. The Morgan fingerprint density at radius 2 is 1.54 bits per heavy atom. The molecule has 0 fully saturated rings. The first kappa shape index (κ1) is 21.2. The molecule has 0 saturated heterocycles. The number of benzene rings is 2. The fourth-order valence-corrected chi connectivity index (χ4v) is 2.97. The Morgan fingerprint density at radius 3 is 2.00 bits per heavy atom. The molecule has 0 aliphatic rings. The van der Waals surface area contributed by atoms with Gasteiger partial charge >= 0.3 is 0 Å². The summed E-state index contributed by atoms with van der Waals surface area (Å²) >= 11 is 0. The van der Waals surface area contributed by atoms with Gasteiger partial charge in [-0.2, -0.15) is 0 Å². The lowest BCUT2D eigenvalue weighted by molar-refractivity contribution is 0.103. The minimum absolute atomic E-state index is 0.0787. The summed E-state index contributed by atoms with van der Waals surface area (Å²) in [5, 5.41) is 0. The van der Waals surface area contributed by atoms with Crippen molar-refractivity contribution in [2.45, 2.75) is 19.8 Å². The molecule has 0 heterocycles. The summed E-state index contributed by atoms with van der Waals surface area (Å²) < 4.78 is 21.3. The molecule has 0 bridgehead atoms. The van der Waals surface area contributed by atoms with Crippen LogP contribution in [0.15, 0.2) is 35.9 Å². The molecular formula is C22H27NO5. The molecule has 0 aromatic heterocycles. The van der Waals surface area contributed by atoms with Gasteiger partial charge in [0.05, 0.1) is 34.1 Å². The van der Waals surface area contributed by atoms with Gasteiger partial charge in [-0.1, -0.05) is 13.3 Å². The Bertz CT molecular complexity index is 848. The van der Waals surface area contributed by atoms with Crippen LogP contribution in [0.2, 0.25) is 0 Å². The van der Waals surface area contributed by atoms with E-state index < -0.39 is 0 Å². The van der Waals surface area contributed by atoms with Crippen molar-refractivity contribution in [2.75, 3.05) is 34.2 Å². The van der Waals surface area contributed by atoms with Crippen molar-refractivity contribution in [1.82, 2.24) is 0 Å². The van der Waals surface area contributed by atoms with E-state index in [1.54, 1.807) is 46.6 Å². The van der Waals surface area contributed by atoms with Crippen molar-refractivity contribution in [1.29, 1.82) is 0 Å². The van der Waals surface area contributed by atoms with Gasteiger partial charge in [0, 0.05) is 11.1 Å². The maximum Gasteiger partial charge on any atom is 0.203 e. The van der Waals surface area contributed by atoms with Crippen molar-refractivity contribution in [3.05, 3.63) is 47.0 Å². The van der Waals surface area contributed by atoms with E-state index in [4.69, 9.17) is 24.7 Å². The Labute approximate surface area is 165 Å². The van der Waals surface area contributed by atoms with E-state index in [9.17, 15) is 4.79 Å². The molecule has 2 aromatic rings. The van der Waals surface area contributed by atoms with Crippen LogP contribution in [0.1, 0.15) is 35.7 Å². The summed E-state index contributed by atoms with van der Waals surface area (Å²) in [6.07, 6.45) is 3.30. The fraction of sp³-hybridized carbons (Fsp3) is 0.318. The topological polar surface area (TPSA) is 80.0 Å². The largest absolute Gasteiger partial charge is 0.495 e. The van der Waals surface area contributed by atoms with E-state index in [1.165, 1.54) is 0 Å². The van der Waals surface area contributed by atoms with Crippen molar-refractivity contribution in [2.24, 2.45) is 0 Å². The number of carbonyl (C=O) groups is 1. The second-order valence-corrected chi connectivity index (χ2v) is 6.16. The highest BCUT2D eigenvalue weighted by Gasteiger charge is 2.16. The molecule has 0 saturated carbocycles. The Hall–Kier alpha value is -3.15. The van der Waals surface area contributed by atoms with Gasteiger partial charge in [-0.25, -0.2) is 0 Å². The first-order valence-electron chi connectivity index (χ1n) is 8.97. The Balaban J connectivity index is 2.49. The highest BCUT2D eigenvalue weighted by atomic mass is 16.5. The van der Waals surface area contributed by atoms with Crippen LogP contribution in [-0.4, -0.2) is 34.2 Å². The number of Topliss-reactive ketones (excluding diaryl/α,β-unsaturated/α-hetero) is 1. The molecule has 2 rings (SSSR count). The van der Waals surface area contributed by atoms with Gasteiger partial charge in [-0.15, -0.1) is 0 Å². The predicted molar refractivity (Wildman–Crippen MR) is 111 cm³/mol. The maximum absolute atomic E-state index is 13.1. The van der Waals surface area contributed by atoms with Crippen LogP contribution in [0.5, 0.6) is 23.0 Å². The summed E-state index contributed by atoms with van der Waals surface area (Å²) in [4.78, 5) is 13.1. The lowest BCUT2D eigenvalue weighted by Gasteiger charge is -2.14. The molecule has 2 N–H and O–H groups in total. The number of nitrogen functional groups attached to an aromatic ring is 1. The molecule has 6 heteroatoms. The molecule has 2 aromatic carbocycles. The van der Waals surface area contributed by atoms with Crippen LogP contribution in [0.4, 0.5) is 5.69 Å². The van der Waals surface area contributed by atoms with Gasteiger partial charge in [-0.3, -0.25) is 4.79 Å². The lowest BCUT2D eigenvalue weighted by atomic mass is 9.96. The van der Waals surface area contributed by atoms with Crippen LogP contribution < -0.4 is 24.7 Å². The van der Waals surface area contributed by atoms with Crippen LogP contribution >= 0.6 is 0 Å². The summed E-state index contributed by atoms with van der Waals surface area (Å²) in [5.41, 5.74) is 8.36. The molecule has 28 heavy (non-hydrogen) atoms. The molecule has 0 amide bonds. The predicted octanol–water partition coefficient (Wildman–Crippen LogP) is 4.37. The van der Waals surface area contributed by atoms with E-state index in [0.717, 1.165) is 12.0 Å². The number of anilines is 1. The van der Waals surface area contributed by atoms with E-state index in [2.05, 4.69) is 0 Å². The number of methoxy groups -OCH3 is 4. The molecular weight excluding hydrogens is 358 g/mol. The number of allylic oxidation sites excluding steroid dienone is 1. The average molecular weight is 385 g/mol. The highest BCUT2D eigenvalue weighted by Crippen LogP contribution is 2.39. The Morgan fingerprint density at radius 1 is 0.929 bits per heavy atom. The zero-order valence-electron chi connectivity index (χ0n) is 17.0. The van der Waals surface area contributed by atoms with Gasteiger partial charge in [0.25, 0.3) is 0 Å². The zero-order valence-corrected chi connectivity index (χ0v) is 17.0. The summed E-state index contributed by atoms with van der Waals surface area (Å²) in [5.74, 6) is 2.04. The van der Waals surface area contributed by atoms with E-state index in [0.29, 0.717) is 46.2 Å². The number of carbonyl (C=O) groups excluding carboxylic acids is 1. The molecule has 0 unspecified atom stereocenters. The van der Waals surface area contributed by atoms with Gasteiger partial charge in [-0.05, 0) is 48.4 Å². The lowest BCUT2D eigenvalue weighted by Crippen LogP contribution is -2.05. The summed E-state index contributed by atoms with van der Waals surface area (Å²) in [6.45, 7) is 2.03. The van der Waals surface area contributed by atoms with E-state index >= 15 is 0 Å². The third-order valence-corrected chi connectivity index (χ3v) is 4.33. The minimum atomic E-state index is -0.0787. The number of hydrogen-bond donors (Lipinski definition) is 1. The van der Waals surface area contributed by atoms with Gasteiger partial charge in [0.15, 0.2) is 17.3 Å². The molecule has 6 nitrogen and oxygen atoms in total. The number of nitrogens with two attached hydrogens (primary N) is 1. The maximum atomic E-state index is 13.1. The van der Waals surface area contributed by atoms with Crippen molar-refractivity contribution in [3.8, 4) is 23.0 Å². The zero-order chi connectivity index (χ0) is 20.7. The van der Waals surface area contributed by atoms with Crippen molar-refractivity contribution >= 4 is 17.5 Å². The number of ether oxygens (including phenoxy) is 4. The van der Waals surface area contributed by atoms with Gasteiger partial charge < -0.3 is 24.7 Å². The van der Waals surface area contributed by atoms with Crippen LogP contribution in [0.3, 0.4) is 0 Å². The van der Waals surface area contributed by atoms with Crippen LogP contribution in [-0.2, 0) is 0 Å². The van der Waals surface area contributed by atoms with Crippen molar-refractivity contribution in [3.63, 3.8) is 0 Å². The van der Waals surface area contributed by atoms with E-state index in [1.807, 2.05) is 25.1 Å². The molecule has 0 radical (unpaired) electrons. The van der Waals surface area contributed by atoms with Gasteiger partial charge in [0.1, 0.15) is 5.75 Å². The van der Waals surface area contributed by atoms with Crippen molar-refractivity contribution < 1.29 is 23.7 Å². The minimum Gasteiger partial charge on any atom is -0.495 e. The first-order chi connectivity index (χ1) is 13.5. The number of rotatable bonds is 9. The highest BCUT2D eigenvalue weighted by molar-refractivity contribution is 6.11. The van der Waals surface area contributed by atoms with Gasteiger partial charge in [0.2, 0.25) is 5.75 Å². The molecule has 0 aliphatic heterocycles. The molecule has 0 aliphatic carbocycles. The smallest absolute Gasteiger partial charge is 0.203 e. The van der Waals surface area contributed by atoms with E-state index in [-0.39, 0.29) is 5.78 Å². The standard InChI is InChI=1S/C22H27NO5/c1-6-7-15(21(24)16-8-9-18(25-2)17(23)13-16)10-14-11-19(26-3)22(28-5)20(12-14)27-4/h8-13H,6-7,23H2,1-5H3/b15-10+. The average Bonchev–Trinajstić information content (AvgIpc) is 2.71. The first-order valence-corrected chi connectivity index (χ1v) is 8.97. The van der Waals surface area contributed by atoms with Crippen LogP contribution in [0.25, 0.3) is 6.08 Å². The third-order valence-electron chi connectivity index (χ3n) is 4.33. The van der Waals surface area contributed by atoms with Crippen LogP contribution in [0, 0.1) is 0 Å². The summed E-state index contributed by atoms with van der Waals surface area (Å²) in [7, 11) is 6.21. The number of hydrogen-bond acceptors (Lipinski definition) is 6. The SMILES string of the molecule is CCC/C(=C\c1cc(OC)c(OC)c(OC)c1)C(=O)c1ccc(OC)c(N)c1. The number of ketones is 1. The second-order valence-electron chi connectivity index (χ2n) is 6.16. The molecule has 0 atom stereocenters. The normalized spacial score (nSPS) is 11.1. The second kappa shape index (κ2) is 9.69. The third kappa shape index (κ3) is 4.57.